The second kappa shape index (κ2) is 8.56. The fourth-order valence-electron chi connectivity index (χ4n) is 2.98. The number of carbonyl (C=O) groups excluding carboxylic acids is 1. The minimum atomic E-state index is -3.92. The van der Waals surface area contributed by atoms with Crippen molar-refractivity contribution < 1.29 is 13.2 Å². The fraction of sp³-hybridized carbons (Fsp3) is 0.333. The van der Waals surface area contributed by atoms with E-state index in [1.54, 1.807) is 12.1 Å². The zero-order valence-electron chi connectivity index (χ0n) is 14.4. The van der Waals surface area contributed by atoms with Gasteiger partial charge in [-0.25, -0.2) is 13.4 Å². The van der Waals surface area contributed by atoms with E-state index < -0.39 is 16.1 Å². The van der Waals surface area contributed by atoms with Gasteiger partial charge in [-0.1, -0.05) is 29.3 Å². The lowest BCUT2D eigenvalue weighted by atomic mass is 10.1. The Bertz CT molecular complexity index is 902. The van der Waals surface area contributed by atoms with Crippen molar-refractivity contribution in [1.82, 2.24) is 14.6 Å². The molecule has 1 saturated heterocycles. The number of aromatic nitrogens is 1. The van der Waals surface area contributed by atoms with E-state index in [9.17, 15) is 13.2 Å². The number of hydrogen-bond acceptors (Lipinski definition) is 4. The van der Waals surface area contributed by atoms with E-state index in [0.717, 1.165) is 12.8 Å². The fourth-order valence-corrected chi connectivity index (χ4v) is 4.83. The highest BCUT2D eigenvalue weighted by molar-refractivity contribution is 7.89. The van der Waals surface area contributed by atoms with E-state index in [4.69, 9.17) is 23.2 Å². The standard InChI is InChI=1S/C18H19Cl2N3O3S/c19-14-5-7-15(8-6-14)27(25,26)23(12-13-4-9-17(20)22-11-13)16-3-1-2-10-21-18(16)24/h4-9,11,16H,1-3,10,12H2,(H,21,24). The highest BCUT2D eigenvalue weighted by atomic mass is 35.5. The van der Waals surface area contributed by atoms with Crippen molar-refractivity contribution in [3.63, 3.8) is 0 Å². The van der Waals surface area contributed by atoms with E-state index in [2.05, 4.69) is 10.3 Å². The third-order valence-electron chi connectivity index (χ3n) is 4.40. The molecule has 2 aromatic rings. The zero-order chi connectivity index (χ0) is 19.4. The molecule has 0 radical (unpaired) electrons. The number of nitrogens with zero attached hydrogens (tertiary/aromatic N) is 2. The van der Waals surface area contributed by atoms with Gasteiger partial charge in [0.2, 0.25) is 15.9 Å². The summed E-state index contributed by atoms with van der Waals surface area (Å²) in [7, 11) is -3.92. The van der Waals surface area contributed by atoms with E-state index in [1.165, 1.54) is 34.8 Å². The molecule has 1 fully saturated rings. The Hall–Kier alpha value is -1.67. The second-order valence-electron chi connectivity index (χ2n) is 6.30. The molecule has 0 spiro atoms. The number of hydrogen-bond donors (Lipinski definition) is 1. The Balaban J connectivity index is 2.01. The summed E-state index contributed by atoms with van der Waals surface area (Å²) in [4.78, 5) is 16.7. The molecular weight excluding hydrogens is 409 g/mol. The van der Waals surface area contributed by atoms with Crippen LogP contribution in [0.3, 0.4) is 0 Å². The van der Waals surface area contributed by atoms with Crippen LogP contribution in [-0.2, 0) is 21.4 Å². The summed E-state index contributed by atoms with van der Waals surface area (Å²) in [6, 6.07) is 8.43. The number of halogens is 2. The Morgan fingerprint density at radius 2 is 1.85 bits per heavy atom. The van der Waals surface area contributed by atoms with Gasteiger partial charge in [0.05, 0.1) is 4.90 Å². The SMILES string of the molecule is O=C1NCCCCC1N(Cc1ccc(Cl)nc1)S(=O)(=O)c1ccc(Cl)cc1. The van der Waals surface area contributed by atoms with Gasteiger partial charge >= 0.3 is 0 Å². The van der Waals surface area contributed by atoms with Crippen molar-refractivity contribution in [3.05, 3.63) is 58.3 Å². The molecule has 9 heteroatoms. The highest BCUT2D eigenvalue weighted by Crippen LogP contribution is 2.26. The first-order valence-corrected chi connectivity index (χ1v) is 10.7. The molecule has 6 nitrogen and oxygen atoms in total. The average molecular weight is 428 g/mol. The van der Waals surface area contributed by atoms with Crippen molar-refractivity contribution in [1.29, 1.82) is 0 Å². The largest absolute Gasteiger partial charge is 0.355 e. The third-order valence-corrected chi connectivity index (χ3v) is 6.75. The highest BCUT2D eigenvalue weighted by Gasteiger charge is 2.36. The molecule has 2 heterocycles. The number of benzene rings is 1. The number of carbonyl (C=O) groups is 1. The summed E-state index contributed by atoms with van der Waals surface area (Å²) < 4.78 is 27.9. The molecule has 1 atom stereocenters. The Kier molecular flexibility index (Phi) is 6.37. The first-order chi connectivity index (χ1) is 12.9. The monoisotopic (exact) mass is 427 g/mol. The number of pyridine rings is 1. The molecule has 1 unspecified atom stereocenters. The zero-order valence-corrected chi connectivity index (χ0v) is 16.8. The predicted octanol–water partition coefficient (Wildman–Crippen LogP) is 3.25. The molecule has 0 aliphatic carbocycles. The minimum absolute atomic E-state index is 0.0210. The van der Waals surface area contributed by atoms with Gasteiger partial charge in [0.15, 0.2) is 0 Å². The predicted molar refractivity (Wildman–Crippen MR) is 104 cm³/mol. The van der Waals surface area contributed by atoms with Crippen LogP contribution in [0, 0.1) is 0 Å². The van der Waals surface area contributed by atoms with Gasteiger partial charge in [0, 0.05) is 24.3 Å². The van der Waals surface area contributed by atoms with Gasteiger partial charge in [-0.05, 0) is 55.2 Å². The van der Waals surface area contributed by atoms with Gasteiger partial charge in [0.25, 0.3) is 0 Å². The van der Waals surface area contributed by atoms with Crippen molar-refractivity contribution in [2.75, 3.05) is 6.54 Å². The van der Waals surface area contributed by atoms with Crippen molar-refractivity contribution in [2.24, 2.45) is 0 Å². The number of sulfonamides is 1. The van der Waals surface area contributed by atoms with Gasteiger partial charge in [-0.15, -0.1) is 0 Å². The maximum absolute atomic E-state index is 13.3. The summed E-state index contributed by atoms with van der Waals surface area (Å²) in [6.45, 7) is 0.569. The van der Waals surface area contributed by atoms with Crippen molar-refractivity contribution >= 4 is 39.1 Å². The maximum Gasteiger partial charge on any atom is 0.244 e. The van der Waals surface area contributed by atoms with Crippen LogP contribution in [0.5, 0.6) is 0 Å². The molecule has 1 aliphatic heterocycles. The second-order valence-corrected chi connectivity index (χ2v) is 9.01. The summed E-state index contributed by atoms with van der Waals surface area (Å²) in [6.07, 6.45) is 3.55. The van der Waals surface area contributed by atoms with Crippen LogP contribution in [0.2, 0.25) is 10.2 Å². The van der Waals surface area contributed by atoms with Crippen LogP contribution in [0.1, 0.15) is 24.8 Å². The van der Waals surface area contributed by atoms with Crippen LogP contribution in [-0.4, -0.2) is 36.2 Å². The lowest BCUT2D eigenvalue weighted by Gasteiger charge is -2.29. The molecular formula is C18H19Cl2N3O3S. The molecule has 0 saturated carbocycles. The van der Waals surface area contributed by atoms with Gasteiger partial charge in [0.1, 0.15) is 11.2 Å². The molecule has 27 heavy (non-hydrogen) atoms. The first kappa shape index (κ1) is 20.1. The van der Waals surface area contributed by atoms with Crippen LogP contribution in [0.25, 0.3) is 0 Å². The summed E-state index contributed by atoms with van der Waals surface area (Å²) in [5.41, 5.74) is 0.647. The number of nitrogens with one attached hydrogen (secondary N) is 1. The normalized spacial score (nSPS) is 18.2. The van der Waals surface area contributed by atoms with Crippen LogP contribution in [0.4, 0.5) is 0 Å². The molecule has 1 aliphatic rings. The topological polar surface area (TPSA) is 79.4 Å². The molecule has 1 aromatic heterocycles. The Morgan fingerprint density at radius 3 is 2.52 bits per heavy atom. The van der Waals surface area contributed by atoms with Crippen molar-refractivity contribution in [2.45, 2.75) is 36.7 Å². The summed E-state index contributed by atoms with van der Waals surface area (Å²) in [5.74, 6) is -0.285. The molecule has 3 rings (SSSR count). The minimum Gasteiger partial charge on any atom is -0.355 e. The van der Waals surface area contributed by atoms with Crippen LogP contribution >= 0.6 is 23.2 Å². The molecule has 1 aromatic carbocycles. The van der Waals surface area contributed by atoms with Gasteiger partial charge < -0.3 is 5.32 Å². The molecule has 144 valence electrons. The Morgan fingerprint density at radius 1 is 1.11 bits per heavy atom. The average Bonchev–Trinajstić information content (AvgIpc) is 2.86. The first-order valence-electron chi connectivity index (χ1n) is 8.53. The van der Waals surface area contributed by atoms with Crippen molar-refractivity contribution in [3.8, 4) is 0 Å². The van der Waals surface area contributed by atoms with E-state index >= 15 is 0 Å². The molecule has 0 bridgehead atoms. The van der Waals surface area contributed by atoms with Gasteiger partial charge in [-0.3, -0.25) is 4.79 Å². The molecule has 1 N–H and O–H groups in total. The summed E-state index contributed by atoms with van der Waals surface area (Å²) in [5, 5.41) is 3.56. The van der Waals surface area contributed by atoms with E-state index in [1.807, 2.05) is 0 Å². The Labute approximate surface area is 168 Å². The smallest absolute Gasteiger partial charge is 0.244 e. The lowest BCUT2D eigenvalue weighted by Crippen LogP contribution is -2.48. The third kappa shape index (κ3) is 4.79. The molecule has 1 amide bonds. The van der Waals surface area contributed by atoms with E-state index in [-0.39, 0.29) is 17.3 Å². The van der Waals surface area contributed by atoms with Crippen LogP contribution < -0.4 is 5.32 Å². The quantitative estimate of drug-likeness (QED) is 0.742. The van der Waals surface area contributed by atoms with Gasteiger partial charge in [-0.2, -0.15) is 4.31 Å². The van der Waals surface area contributed by atoms with E-state index in [0.29, 0.717) is 28.7 Å². The summed E-state index contributed by atoms with van der Waals surface area (Å²) >= 11 is 11.7. The lowest BCUT2D eigenvalue weighted by molar-refractivity contribution is -0.124. The van der Waals surface area contributed by atoms with Crippen LogP contribution in [0.15, 0.2) is 47.5 Å². The number of amides is 1. The number of rotatable bonds is 5. The maximum atomic E-state index is 13.3.